The number of nitrogens with one attached hydrogen (secondary N) is 1. The number of anilines is 1. The normalized spacial score (nSPS) is 23.5. The third-order valence-corrected chi connectivity index (χ3v) is 5.23. The molecule has 1 N–H and O–H groups in total. The van der Waals surface area contributed by atoms with E-state index in [1.54, 1.807) is 19.1 Å². The van der Waals surface area contributed by atoms with Gasteiger partial charge in [0.25, 0.3) is 5.69 Å². The summed E-state index contributed by atoms with van der Waals surface area (Å²) in [5.41, 5.74) is 4.07. The molecule has 1 aliphatic heterocycles. The van der Waals surface area contributed by atoms with Gasteiger partial charge in [0, 0.05) is 29.3 Å². The van der Waals surface area contributed by atoms with Crippen LogP contribution in [0.5, 0.6) is 0 Å². The topological polar surface area (TPSA) is 72.2 Å². The molecule has 0 saturated carbocycles. The molecule has 126 valence electrons. The van der Waals surface area contributed by atoms with Crippen molar-refractivity contribution in [3.05, 3.63) is 81.4 Å². The Morgan fingerprint density at radius 1 is 1.20 bits per heavy atom. The number of hydrogen-bond donors (Lipinski definition) is 1. The van der Waals surface area contributed by atoms with Crippen molar-refractivity contribution in [2.75, 3.05) is 5.32 Å². The van der Waals surface area contributed by atoms with E-state index < -0.39 is 0 Å². The molecule has 0 spiro atoms. The highest BCUT2D eigenvalue weighted by Crippen LogP contribution is 2.50. The van der Waals surface area contributed by atoms with Crippen molar-refractivity contribution in [1.29, 1.82) is 0 Å². The Balaban J connectivity index is 1.72. The Morgan fingerprint density at radius 3 is 2.64 bits per heavy atom. The van der Waals surface area contributed by atoms with Crippen LogP contribution in [-0.4, -0.2) is 10.7 Å². The average Bonchev–Trinajstić information content (AvgIpc) is 3.10. The summed E-state index contributed by atoms with van der Waals surface area (Å²) in [5, 5.41) is 14.5. The molecule has 0 unspecified atom stereocenters. The number of allylic oxidation sites excluding steroid dienone is 2. The van der Waals surface area contributed by atoms with Gasteiger partial charge in [-0.15, -0.1) is 0 Å². The fourth-order valence-electron chi connectivity index (χ4n) is 3.95. The van der Waals surface area contributed by atoms with Crippen molar-refractivity contribution in [3.8, 4) is 0 Å². The molecular weight excluding hydrogens is 316 g/mol. The first-order chi connectivity index (χ1) is 12.0. The molecule has 5 heteroatoms. The number of Topliss-reactive ketones (excluding diaryl/α,β-unsaturated/α-hetero) is 1. The molecular formula is C20H18N2O3. The minimum absolute atomic E-state index is 0.0684. The van der Waals surface area contributed by atoms with Crippen LogP contribution in [0.25, 0.3) is 0 Å². The van der Waals surface area contributed by atoms with E-state index in [0.717, 1.165) is 28.8 Å². The van der Waals surface area contributed by atoms with Crippen LogP contribution in [0.4, 0.5) is 11.4 Å². The van der Waals surface area contributed by atoms with E-state index in [0.29, 0.717) is 5.92 Å². The predicted molar refractivity (Wildman–Crippen MR) is 95.9 cm³/mol. The third-order valence-electron chi connectivity index (χ3n) is 5.23. The first-order valence-corrected chi connectivity index (χ1v) is 8.37. The summed E-state index contributed by atoms with van der Waals surface area (Å²) in [5.74, 6) is 0.672. The lowest BCUT2D eigenvalue weighted by Gasteiger charge is -2.37. The zero-order valence-electron chi connectivity index (χ0n) is 13.8. The van der Waals surface area contributed by atoms with Gasteiger partial charge in [0.1, 0.15) is 0 Å². The summed E-state index contributed by atoms with van der Waals surface area (Å²) in [4.78, 5) is 22.2. The quantitative estimate of drug-likeness (QED) is 0.385. The molecule has 1 heterocycles. The van der Waals surface area contributed by atoms with Gasteiger partial charge in [-0.1, -0.05) is 24.3 Å². The number of hydrogen-bond acceptors (Lipinski definition) is 4. The van der Waals surface area contributed by atoms with Gasteiger partial charge in [-0.2, -0.15) is 0 Å². The maximum Gasteiger partial charge on any atom is 0.269 e. The summed E-state index contributed by atoms with van der Waals surface area (Å²) in [6.45, 7) is 1.58. The molecule has 1 aliphatic carbocycles. The fourth-order valence-corrected chi connectivity index (χ4v) is 3.95. The number of carbonyl (C=O) groups is 1. The van der Waals surface area contributed by atoms with Crippen molar-refractivity contribution in [2.24, 2.45) is 5.92 Å². The van der Waals surface area contributed by atoms with Crippen LogP contribution in [0.2, 0.25) is 0 Å². The highest BCUT2D eigenvalue weighted by Gasteiger charge is 2.38. The van der Waals surface area contributed by atoms with Crippen molar-refractivity contribution >= 4 is 17.2 Å². The Hall–Kier alpha value is -2.95. The first kappa shape index (κ1) is 15.6. The van der Waals surface area contributed by atoms with Gasteiger partial charge in [-0.3, -0.25) is 14.9 Å². The van der Waals surface area contributed by atoms with Crippen molar-refractivity contribution < 1.29 is 9.72 Å². The molecule has 0 amide bonds. The lowest BCUT2D eigenvalue weighted by molar-refractivity contribution is -0.384. The van der Waals surface area contributed by atoms with Crippen LogP contribution in [0.1, 0.15) is 46.8 Å². The molecule has 5 nitrogen and oxygen atoms in total. The van der Waals surface area contributed by atoms with Crippen molar-refractivity contribution in [1.82, 2.24) is 0 Å². The third kappa shape index (κ3) is 2.61. The standard InChI is InChI=1S/C20H18N2O3/c1-12(23)14-7-10-19-18(11-14)16-3-2-4-17(16)20(21-19)13-5-8-15(9-6-13)22(24)25/h2-3,5-11,16-17,20-21H,4H2,1H3/t16-,17-,20+/m0/s1. The molecule has 25 heavy (non-hydrogen) atoms. The molecule has 2 aromatic rings. The molecule has 2 aromatic carbocycles. The van der Waals surface area contributed by atoms with Gasteiger partial charge in [0.15, 0.2) is 5.78 Å². The number of carbonyl (C=O) groups excluding carboxylic acids is 1. The van der Waals surface area contributed by atoms with Gasteiger partial charge in [0.05, 0.1) is 11.0 Å². The maximum atomic E-state index is 11.7. The second-order valence-electron chi connectivity index (χ2n) is 6.68. The van der Waals surface area contributed by atoms with E-state index in [9.17, 15) is 14.9 Å². The summed E-state index contributed by atoms with van der Waals surface area (Å²) >= 11 is 0. The monoisotopic (exact) mass is 334 g/mol. The van der Waals surface area contributed by atoms with E-state index in [-0.39, 0.29) is 28.4 Å². The number of nitrogens with zero attached hydrogens (tertiary/aromatic N) is 1. The number of rotatable bonds is 3. The van der Waals surface area contributed by atoms with E-state index >= 15 is 0 Å². The summed E-state index contributed by atoms with van der Waals surface area (Å²) in [6.07, 6.45) is 5.35. The highest BCUT2D eigenvalue weighted by atomic mass is 16.6. The minimum Gasteiger partial charge on any atom is -0.378 e. The average molecular weight is 334 g/mol. The van der Waals surface area contributed by atoms with Gasteiger partial charge < -0.3 is 5.32 Å². The molecule has 0 saturated heterocycles. The lowest BCUT2D eigenvalue weighted by Crippen LogP contribution is -2.29. The summed E-state index contributed by atoms with van der Waals surface area (Å²) in [6, 6.07) is 12.7. The van der Waals surface area contributed by atoms with Crippen molar-refractivity contribution in [2.45, 2.75) is 25.3 Å². The van der Waals surface area contributed by atoms with E-state index in [2.05, 4.69) is 17.5 Å². The summed E-state index contributed by atoms with van der Waals surface area (Å²) < 4.78 is 0. The Bertz CT molecular complexity index is 886. The fraction of sp³-hybridized carbons (Fsp3) is 0.250. The number of nitro groups is 1. The van der Waals surface area contributed by atoms with Crippen LogP contribution in [0.15, 0.2) is 54.6 Å². The second kappa shape index (κ2) is 5.84. The molecule has 0 fully saturated rings. The van der Waals surface area contributed by atoms with E-state index in [4.69, 9.17) is 0 Å². The number of non-ortho nitro benzene ring substituents is 1. The highest BCUT2D eigenvalue weighted by molar-refractivity contribution is 5.95. The molecule has 3 atom stereocenters. The second-order valence-corrected chi connectivity index (χ2v) is 6.68. The largest absolute Gasteiger partial charge is 0.378 e. The van der Waals surface area contributed by atoms with Crippen LogP contribution >= 0.6 is 0 Å². The van der Waals surface area contributed by atoms with Crippen LogP contribution in [0, 0.1) is 16.0 Å². The SMILES string of the molecule is CC(=O)c1ccc2c(c1)[C@H]1C=CC[C@@H]1[C@@H](c1ccc([N+](=O)[O-])cc1)N2. The van der Waals surface area contributed by atoms with Crippen molar-refractivity contribution in [3.63, 3.8) is 0 Å². The number of ketones is 1. The molecule has 0 aromatic heterocycles. The Labute approximate surface area is 145 Å². The minimum atomic E-state index is -0.378. The zero-order valence-corrected chi connectivity index (χ0v) is 13.8. The zero-order chi connectivity index (χ0) is 17.6. The van der Waals surface area contributed by atoms with Crippen LogP contribution in [-0.2, 0) is 0 Å². The van der Waals surface area contributed by atoms with Gasteiger partial charge in [-0.25, -0.2) is 0 Å². The Kier molecular flexibility index (Phi) is 3.64. The molecule has 4 rings (SSSR count). The maximum absolute atomic E-state index is 11.7. The molecule has 0 radical (unpaired) electrons. The number of benzene rings is 2. The van der Waals surface area contributed by atoms with E-state index in [1.165, 1.54) is 0 Å². The van der Waals surface area contributed by atoms with Gasteiger partial charge >= 0.3 is 0 Å². The smallest absolute Gasteiger partial charge is 0.269 e. The lowest BCUT2D eigenvalue weighted by atomic mass is 9.76. The molecule has 0 bridgehead atoms. The van der Waals surface area contributed by atoms with Crippen LogP contribution in [0.3, 0.4) is 0 Å². The summed E-state index contributed by atoms with van der Waals surface area (Å²) in [7, 11) is 0. The predicted octanol–water partition coefficient (Wildman–Crippen LogP) is 4.62. The van der Waals surface area contributed by atoms with Gasteiger partial charge in [0.2, 0.25) is 0 Å². The van der Waals surface area contributed by atoms with Crippen LogP contribution < -0.4 is 5.32 Å². The van der Waals surface area contributed by atoms with Gasteiger partial charge in [-0.05, 0) is 48.6 Å². The first-order valence-electron chi connectivity index (χ1n) is 8.37. The number of nitro benzene ring substituents is 1. The number of fused-ring (bicyclic) bond motifs is 3. The molecule has 2 aliphatic rings. The van der Waals surface area contributed by atoms with E-state index in [1.807, 2.05) is 30.3 Å². The Morgan fingerprint density at radius 2 is 1.96 bits per heavy atom.